The van der Waals surface area contributed by atoms with E-state index >= 15 is 0 Å². The Kier molecular flexibility index (Phi) is 1.92. The standard InChI is InChI=1S/C9H10F2N2/c10-6-3-5(8-1-2-13-8)4-7(11)9(6)12/h3-4,8,13H,1-2,12H2/t8-/m1/s1. The highest BCUT2D eigenvalue weighted by Gasteiger charge is 2.20. The maximum absolute atomic E-state index is 13.0. The summed E-state index contributed by atoms with van der Waals surface area (Å²) in [5.74, 6) is -1.35. The molecule has 1 fully saturated rings. The molecule has 0 unspecified atom stereocenters. The summed E-state index contributed by atoms with van der Waals surface area (Å²) in [5, 5.41) is 3.06. The van der Waals surface area contributed by atoms with Gasteiger partial charge in [-0.05, 0) is 30.7 Å². The fraction of sp³-hybridized carbons (Fsp3) is 0.333. The fourth-order valence-corrected chi connectivity index (χ4v) is 1.38. The van der Waals surface area contributed by atoms with E-state index in [1.807, 2.05) is 0 Å². The van der Waals surface area contributed by atoms with Crippen molar-refractivity contribution in [3.63, 3.8) is 0 Å². The van der Waals surface area contributed by atoms with Gasteiger partial charge in [0.05, 0.1) is 0 Å². The van der Waals surface area contributed by atoms with E-state index in [1.54, 1.807) is 0 Å². The van der Waals surface area contributed by atoms with Crippen LogP contribution < -0.4 is 11.1 Å². The number of nitrogen functional groups attached to an aromatic ring is 1. The SMILES string of the molecule is Nc1c(F)cc([C@H]2CCN2)cc1F. The van der Waals surface area contributed by atoms with E-state index in [1.165, 1.54) is 12.1 Å². The molecule has 0 saturated carbocycles. The van der Waals surface area contributed by atoms with Gasteiger partial charge in [-0.3, -0.25) is 0 Å². The molecule has 0 aromatic heterocycles. The first-order valence-electron chi connectivity index (χ1n) is 4.16. The van der Waals surface area contributed by atoms with Crippen LogP contribution in [0.4, 0.5) is 14.5 Å². The minimum absolute atomic E-state index is 0.0876. The summed E-state index contributed by atoms with van der Waals surface area (Å²) < 4.78 is 25.9. The van der Waals surface area contributed by atoms with Gasteiger partial charge in [0, 0.05) is 6.04 Å². The highest BCUT2D eigenvalue weighted by atomic mass is 19.1. The molecule has 2 nitrogen and oxygen atoms in total. The second kappa shape index (κ2) is 2.96. The van der Waals surface area contributed by atoms with Crippen molar-refractivity contribution in [3.8, 4) is 0 Å². The second-order valence-electron chi connectivity index (χ2n) is 3.19. The minimum Gasteiger partial charge on any atom is -0.394 e. The van der Waals surface area contributed by atoms with Crippen molar-refractivity contribution in [1.29, 1.82) is 0 Å². The van der Waals surface area contributed by atoms with Crippen molar-refractivity contribution in [3.05, 3.63) is 29.3 Å². The van der Waals surface area contributed by atoms with E-state index in [9.17, 15) is 8.78 Å². The third-order valence-corrected chi connectivity index (χ3v) is 2.33. The van der Waals surface area contributed by atoms with E-state index in [0.29, 0.717) is 5.56 Å². The maximum Gasteiger partial charge on any atom is 0.149 e. The first-order chi connectivity index (χ1) is 6.18. The lowest BCUT2D eigenvalue weighted by molar-refractivity contribution is 0.380. The topological polar surface area (TPSA) is 38.0 Å². The number of nitrogens with two attached hydrogens (primary N) is 1. The molecule has 1 aromatic rings. The van der Waals surface area contributed by atoms with Gasteiger partial charge in [-0.1, -0.05) is 0 Å². The van der Waals surface area contributed by atoms with Gasteiger partial charge >= 0.3 is 0 Å². The lowest BCUT2D eigenvalue weighted by Gasteiger charge is -2.28. The summed E-state index contributed by atoms with van der Waals surface area (Å²) >= 11 is 0. The molecule has 13 heavy (non-hydrogen) atoms. The number of hydrogen-bond acceptors (Lipinski definition) is 2. The largest absolute Gasteiger partial charge is 0.394 e. The molecular weight excluding hydrogens is 174 g/mol. The van der Waals surface area contributed by atoms with Gasteiger partial charge in [-0.15, -0.1) is 0 Å². The normalized spacial score (nSPS) is 21.2. The molecule has 0 spiro atoms. The summed E-state index contributed by atoms with van der Waals surface area (Å²) in [5.41, 5.74) is 5.37. The number of halogens is 2. The number of benzene rings is 1. The van der Waals surface area contributed by atoms with Crippen LogP contribution in [0.1, 0.15) is 18.0 Å². The van der Waals surface area contributed by atoms with Crippen molar-refractivity contribution in [2.24, 2.45) is 0 Å². The Hall–Kier alpha value is -1.16. The summed E-state index contributed by atoms with van der Waals surface area (Å²) in [4.78, 5) is 0. The molecule has 70 valence electrons. The van der Waals surface area contributed by atoms with Gasteiger partial charge < -0.3 is 11.1 Å². The van der Waals surface area contributed by atoms with Crippen LogP contribution in [0.25, 0.3) is 0 Å². The van der Waals surface area contributed by atoms with Crippen LogP contribution in [0.2, 0.25) is 0 Å². The molecule has 1 heterocycles. The quantitative estimate of drug-likeness (QED) is 0.650. The number of nitrogens with one attached hydrogen (secondary N) is 1. The molecule has 0 radical (unpaired) electrons. The number of hydrogen-bond donors (Lipinski definition) is 2. The average molecular weight is 184 g/mol. The van der Waals surface area contributed by atoms with Crippen molar-refractivity contribution in [2.75, 3.05) is 12.3 Å². The molecule has 0 amide bonds. The summed E-state index contributed by atoms with van der Waals surface area (Å²) in [6.45, 7) is 0.901. The smallest absolute Gasteiger partial charge is 0.149 e. The Labute approximate surface area is 74.7 Å². The van der Waals surface area contributed by atoms with Gasteiger partial charge in [0.2, 0.25) is 0 Å². The predicted molar refractivity (Wildman–Crippen MR) is 46.1 cm³/mol. The zero-order valence-corrected chi connectivity index (χ0v) is 6.98. The van der Waals surface area contributed by atoms with Crippen LogP contribution in [-0.4, -0.2) is 6.54 Å². The highest BCUT2D eigenvalue weighted by molar-refractivity contribution is 5.44. The minimum atomic E-state index is -0.677. The van der Waals surface area contributed by atoms with Crippen LogP contribution in [0.5, 0.6) is 0 Å². The monoisotopic (exact) mass is 184 g/mol. The molecule has 3 N–H and O–H groups in total. The number of rotatable bonds is 1. The van der Waals surface area contributed by atoms with Crippen molar-refractivity contribution in [2.45, 2.75) is 12.5 Å². The Morgan fingerprint density at radius 1 is 1.31 bits per heavy atom. The van der Waals surface area contributed by atoms with Gasteiger partial charge in [0.1, 0.15) is 17.3 Å². The van der Waals surface area contributed by atoms with Crippen molar-refractivity contribution >= 4 is 5.69 Å². The van der Waals surface area contributed by atoms with E-state index in [2.05, 4.69) is 5.32 Å². The summed E-state index contributed by atoms with van der Waals surface area (Å²) in [7, 11) is 0. The van der Waals surface area contributed by atoms with Gasteiger partial charge in [-0.25, -0.2) is 8.78 Å². The fourth-order valence-electron chi connectivity index (χ4n) is 1.38. The van der Waals surface area contributed by atoms with Crippen molar-refractivity contribution in [1.82, 2.24) is 5.32 Å². The molecule has 1 atom stereocenters. The molecule has 1 aliphatic heterocycles. The van der Waals surface area contributed by atoms with E-state index < -0.39 is 17.3 Å². The van der Waals surface area contributed by atoms with E-state index in [4.69, 9.17) is 5.73 Å². The van der Waals surface area contributed by atoms with Gasteiger partial charge in [0.15, 0.2) is 0 Å². The molecular formula is C9H10F2N2. The van der Waals surface area contributed by atoms with Crippen LogP contribution in [0, 0.1) is 11.6 Å². The van der Waals surface area contributed by atoms with Crippen molar-refractivity contribution < 1.29 is 8.78 Å². The Balaban J connectivity index is 2.37. The Bertz CT molecular complexity index is 311. The molecule has 2 rings (SSSR count). The third-order valence-electron chi connectivity index (χ3n) is 2.33. The van der Waals surface area contributed by atoms with Gasteiger partial charge in [0.25, 0.3) is 0 Å². The highest BCUT2D eigenvalue weighted by Crippen LogP contribution is 2.26. The van der Waals surface area contributed by atoms with Gasteiger partial charge in [-0.2, -0.15) is 0 Å². The predicted octanol–water partition coefficient (Wildman–Crippen LogP) is 1.58. The lowest BCUT2D eigenvalue weighted by Crippen LogP contribution is -2.35. The molecule has 0 bridgehead atoms. The van der Waals surface area contributed by atoms with E-state index in [0.717, 1.165) is 13.0 Å². The van der Waals surface area contributed by atoms with Crippen LogP contribution in [0.3, 0.4) is 0 Å². The molecule has 1 aromatic carbocycles. The lowest BCUT2D eigenvalue weighted by atomic mass is 9.97. The zero-order chi connectivity index (χ0) is 9.42. The first kappa shape index (κ1) is 8.44. The Morgan fingerprint density at radius 3 is 2.23 bits per heavy atom. The Morgan fingerprint density at radius 2 is 1.85 bits per heavy atom. The molecule has 0 aliphatic carbocycles. The second-order valence-corrected chi connectivity index (χ2v) is 3.19. The summed E-state index contributed by atoms with van der Waals surface area (Å²) in [6, 6.07) is 2.66. The molecule has 1 aliphatic rings. The number of anilines is 1. The van der Waals surface area contributed by atoms with E-state index in [-0.39, 0.29) is 6.04 Å². The summed E-state index contributed by atoms with van der Waals surface area (Å²) in [6.07, 6.45) is 0.919. The molecule has 4 heteroatoms. The molecule has 1 saturated heterocycles. The maximum atomic E-state index is 13.0. The van der Waals surface area contributed by atoms with Crippen LogP contribution in [0.15, 0.2) is 12.1 Å². The first-order valence-corrected chi connectivity index (χ1v) is 4.16. The van der Waals surface area contributed by atoms with Crippen LogP contribution in [-0.2, 0) is 0 Å². The average Bonchev–Trinajstić information content (AvgIpc) is 1.96. The zero-order valence-electron chi connectivity index (χ0n) is 6.98. The third kappa shape index (κ3) is 1.37. The van der Waals surface area contributed by atoms with Crippen LogP contribution >= 0.6 is 0 Å².